The van der Waals surface area contributed by atoms with Gasteiger partial charge in [-0.3, -0.25) is 14.7 Å². The highest BCUT2D eigenvalue weighted by Crippen LogP contribution is 2.43. The highest BCUT2D eigenvalue weighted by molar-refractivity contribution is 6.23. The van der Waals surface area contributed by atoms with Crippen LogP contribution in [0.5, 0.6) is 0 Å². The van der Waals surface area contributed by atoms with Crippen LogP contribution in [-0.4, -0.2) is 24.7 Å². The van der Waals surface area contributed by atoms with Crippen molar-refractivity contribution < 1.29 is 9.18 Å². The summed E-state index contributed by atoms with van der Waals surface area (Å²) in [6.45, 7) is 3.12. The van der Waals surface area contributed by atoms with Gasteiger partial charge in [0.1, 0.15) is 11.5 Å². The average molecular weight is 411 g/mol. The van der Waals surface area contributed by atoms with E-state index in [0.29, 0.717) is 24.4 Å². The molecule has 0 spiro atoms. The van der Waals surface area contributed by atoms with Crippen molar-refractivity contribution in [1.29, 1.82) is 0 Å². The minimum Gasteiger partial charge on any atom is -0.378 e. The van der Waals surface area contributed by atoms with E-state index in [4.69, 9.17) is 4.99 Å². The number of halogens is 1. The van der Waals surface area contributed by atoms with Crippen molar-refractivity contribution in [3.63, 3.8) is 0 Å². The largest absolute Gasteiger partial charge is 0.378 e. The molecule has 0 unspecified atom stereocenters. The first-order valence-corrected chi connectivity index (χ1v) is 10.4. The number of amides is 1. The van der Waals surface area contributed by atoms with Gasteiger partial charge in [-0.1, -0.05) is 66.2 Å². The number of benzene rings is 3. The van der Waals surface area contributed by atoms with E-state index < -0.39 is 6.04 Å². The molecular formula is C26H22FN3O. The Balaban J connectivity index is 1.74. The summed E-state index contributed by atoms with van der Waals surface area (Å²) in [6, 6.07) is 23.5. The second-order valence-corrected chi connectivity index (χ2v) is 7.75. The molecule has 3 aromatic carbocycles. The summed E-state index contributed by atoms with van der Waals surface area (Å²) in [4.78, 5) is 20.1. The standard InChI is InChI=1S/C26H22FN3O/c1-17-11-13-18(14-12-17)23-22-24(29-16-15-28-23)26(31)30(19-7-3-2-4-8-19)25(22)20-9-5-6-10-21(20)27/h2-14,25,29H,15-16H2,1H3/t25-/m0/s1. The molecule has 2 aliphatic rings. The summed E-state index contributed by atoms with van der Waals surface area (Å²) in [5, 5.41) is 3.27. The fourth-order valence-electron chi connectivity index (χ4n) is 4.28. The Morgan fingerprint density at radius 1 is 0.968 bits per heavy atom. The predicted octanol–water partition coefficient (Wildman–Crippen LogP) is 4.57. The Bertz CT molecular complexity index is 1200. The number of aryl methyl sites for hydroxylation is 1. The number of rotatable bonds is 3. The van der Waals surface area contributed by atoms with Crippen LogP contribution in [0.4, 0.5) is 10.1 Å². The topological polar surface area (TPSA) is 44.7 Å². The molecule has 4 nitrogen and oxygen atoms in total. The third kappa shape index (κ3) is 3.32. The first-order valence-electron chi connectivity index (χ1n) is 10.4. The number of hydrogen-bond acceptors (Lipinski definition) is 3. The average Bonchev–Trinajstić information content (AvgIpc) is 2.93. The van der Waals surface area contributed by atoms with Gasteiger partial charge in [-0.15, -0.1) is 0 Å². The summed E-state index contributed by atoms with van der Waals surface area (Å²) < 4.78 is 15.1. The maximum absolute atomic E-state index is 15.1. The van der Waals surface area contributed by atoms with E-state index in [-0.39, 0.29) is 11.7 Å². The fourth-order valence-corrected chi connectivity index (χ4v) is 4.28. The maximum atomic E-state index is 15.1. The number of nitrogens with one attached hydrogen (secondary N) is 1. The van der Waals surface area contributed by atoms with Crippen molar-refractivity contribution in [2.24, 2.45) is 4.99 Å². The SMILES string of the molecule is Cc1ccc(C2=NCCNC3=C2[C@H](c2ccccc2F)N(c2ccccc2)C3=O)cc1. The molecule has 5 heteroatoms. The van der Waals surface area contributed by atoms with Crippen LogP contribution in [0.25, 0.3) is 0 Å². The molecule has 1 N–H and O–H groups in total. The van der Waals surface area contributed by atoms with Gasteiger partial charge < -0.3 is 5.32 Å². The summed E-state index contributed by atoms with van der Waals surface area (Å²) in [5.41, 5.74) is 5.19. The van der Waals surface area contributed by atoms with E-state index in [1.165, 1.54) is 6.07 Å². The normalized spacial score (nSPS) is 18.4. The van der Waals surface area contributed by atoms with Crippen LogP contribution in [0.1, 0.15) is 22.7 Å². The lowest BCUT2D eigenvalue weighted by Crippen LogP contribution is -2.34. The monoisotopic (exact) mass is 411 g/mol. The highest BCUT2D eigenvalue weighted by atomic mass is 19.1. The fraction of sp³-hybridized carbons (Fsp3) is 0.154. The van der Waals surface area contributed by atoms with Crippen molar-refractivity contribution in [1.82, 2.24) is 5.32 Å². The van der Waals surface area contributed by atoms with Crippen molar-refractivity contribution in [2.45, 2.75) is 13.0 Å². The van der Waals surface area contributed by atoms with Gasteiger partial charge in [0, 0.05) is 28.9 Å². The van der Waals surface area contributed by atoms with Crippen molar-refractivity contribution >= 4 is 17.3 Å². The van der Waals surface area contributed by atoms with Crippen molar-refractivity contribution in [3.05, 3.63) is 113 Å². The van der Waals surface area contributed by atoms with Crippen LogP contribution >= 0.6 is 0 Å². The van der Waals surface area contributed by atoms with E-state index in [0.717, 1.165) is 28.1 Å². The summed E-state index contributed by atoms with van der Waals surface area (Å²) in [6.07, 6.45) is 0. The second kappa shape index (κ2) is 7.84. The lowest BCUT2D eigenvalue weighted by atomic mass is 9.91. The van der Waals surface area contributed by atoms with Gasteiger partial charge in [-0.05, 0) is 25.1 Å². The molecule has 0 aliphatic carbocycles. The molecule has 0 saturated heterocycles. The summed E-state index contributed by atoms with van der Waals surface area (Å²) in [7, 11) is 0. The molecular weight excluding hydrogens is 389 g/mol. The lowest BCUT2D eigenvalue weighted by Gasteiger charge is -2.28. The minimum absolute atomic E-state index is 0.170. The van der Waals surface area contributed by atoms with Gasteiger partial charge in [-0.2, -0.15) is 0 Å². The van der Waals surface area contributed by atoms with Crippen LogP contribution in [0.15, 0.2) is 95.1 Å². The number of carbonyl (C=O) groups is 1. The highest BCUT2D eigenvalue weighted by Gasteiger charge is 2.44. The van der Waals surface area contributed by atoms with Crippen LogP contribution in [0.2, 0.25) is 0 Å². The van der Waals surface area contributed by atoms with Crippen LogP contribution in [0.3, 0.4) is 0 Å². The summed E-state index contributed by atoms with van der Waals surface area (Å²) in [5.74, 6) is -0.515. The van der Waals surface area contributed by atoms with Gasteiger partial charge in [0.05, 0.1) is 18.3 Å². The van der Waals surface area contributed by atoms with Gasteiger partial charge in [0.25, 0.3) is 5.91 Å². The molecule has 5 rings (SSSR count). The van der Waals surface area contributed by atoms with E-state index in [9.17, 15) is 4.79 Å². The van der Waals surface area contributed by atoms with Gasteiger partial charge >= 0.3 is 0 Å². The Hall–Kier alpha value is -3.73. The second-order valence-electron chi connectivity index (χ2n) is 7.75. The van der Waals surface area contributed by atoms with E-state index in [1.807, 2.05) is 61.5 Å². The van der Waals surface area contributed by atoms with Gasteiger partial charge in [0.2, 0.25) is 0 Å². The smallest absolute Gasteiger partial charge is 0.275 e. The minimum atomic E-state index is -0.614. The van der Waals surface area contributed by atoms with Crippen molar-refractivity contribution in [2.75, 3.05) is 18.0 Å². The maximum Gasteiger partial charge on any atom is 0.275 e. The zero-order valence-corrected chi connectivity index (χ0v) is 17.2. The number of carbonyl (C=O) groups excluding carboxylic acids is 1. The number of para-hydroxylation sites is 1. The molecule has 2 heterocycles. The van der Waals surface area contributed by atoms with Crippen molar-refractivity contribution in [3.8, 4) is 0 Å². The first kappa shape index (κ1) is 19.2. The Labute approximate surface area is 180 Å². The molecule has 0 fully saturated rings. The van der Waals surface area contributed by atoms with Crippen LogP contribution in [-0.2, 0) is 4.79 Å². The Morgan fingerprint density at radius 2 is 1.68 bits per heavy atom. The molecule has 31 heavy (non-hydrogen) atoms. The Morgan fingerprint density at radius 3 is 2.42 bits per heavy atom. The number of nitrogens with zero attached hydrogens (tertiary/aromatic N) is 2. The van der Waals surface area contributed by atoms with Crippen LogP contribution in [0, 0.1) is 12.7 Å². The number of hydrogen-bond donors (Lipinski definition) is 1. The zero-order chi connectivity index (χ0) is 21.4. The van der Waals surface area contributed by atoms with Gasteiger partial charge in [0.15, 0.2) is 0 Å². The Kier molecular flexibility index (Phi) is 4.86. The molecule has 0 radical (unpaired) electrons. The van der Waals surface area contributed by atoms with Crippen LogP contribution < -0.4 is 10.2 Å². The third-order valence-electron chi connectivity index (χ3n) is 5.73. The third-order valence-corrected chi connectivity index (χ3v) is 5.73. The lowest BCUT2D eigenvalue weighted by molar-refractivity contribution is -0.115. The molecule has 1 atom stereocenters. The molecule has 0 bridgehead atoms. The van der Waals surface area contributed by atoms with E-state index >= 15 is 4.39 Å². The number of aliphatic imine (C=N–C) groups is 1. The predicted molar refractivity (Wildman–Crippen MR) is 121 cm³/mol. The molecule has 0 aromatic heterocycles. The number of anilines is 1. The first-order chi connectivity index (χ1) is 15.1. The van der Waals surface area contributed by atoms with Gasteiger partial charge in [-0.25, -0.2) is 4.39 Å². The quantitative estimate of drug-likeness (QED) is 0.686. The summed E-state index contributed by atoms with van der Waals surface area (Å²) >= 11 is 0. The van der Waals surface area contributed by atoms with E-state index in [2.05, 4.69) is 5.32 Å². The molecule has 0 saturated carbocycles. The van der Waals surface area contributed by atoms with E-state index in [1.54, 1.807) is 23.1 Å². The molecule has 1 amide bonds. The molecule has 3 aromatic rings. The molecule has 2 aliphatic heterocycles. The molecule has 154 valence electrons. The zero-order valence-electron chi connectivity index (χ0n) is 17.2.